The second-order valence-electron chi connectivity index (χ2n) is 4.96. The molecule has 0 fully saturated rings. The molecule has 24 heavy (non-hydrogen) atoms. The number of nitrogens with one attached hydrogen (secondary N) is 1. The van der Waals surface area contributed by atoms with E-state index in [4.69, 9.17) is 11.6 Å². The van der Waals surface area contributed by atoms with Crippen LogP contribution < -0.4 is 4.72 Å². The van der Waals surface area contributed by atoms with Crippen molar-refractivity contribution in [3.63, 3.8) is 0 Å². The summed E-state index contributed by atoms with van der Waals surface area (Å²) in [5.74, 6) is 0.0791. The number of hydrogen-bond donors (Lipinski definition) is 1. The molecule has 132 valence electrons. The zero-order valence-electron chi connectivity index (χ0n) is 12.6. The fourth-order valence-corrected chi connectivity index (χ4v) is 6.39. The van der Waals surface area contributed by atoms with Gasteiger partial charge in [-0.1, -0.05) is 12.1 Å². The molecule has 1 atom stereocenters. The molecule has 0 radical (unpaired) electrons. The maximum absolute atomic E-state index is 12.9. The average Bonchev–Trinajstić information content (AvgIpc) is 3.09. The number of halogens is 1. The van der Waals surface area contributed by atoms with E-state index < -0.39 is 25.1 Å². The van der Waals surface area contributed by atoms with Gasteiger partial charge in [0, 0.05) is 24.8 Å². The van der Waals surface area contributed by atoms with Gasteiger partial charge in [-0.05, 0) is 29.5 Å². The normalized spacial score (nSPS) is 13.7. The van der Waals surface area contributed by atoms with Crippen LogP contribution in [-0.2, 0) is 19.9 Å². The molecule has 2 aromatic heterocycles. The lowest BCUT2D eigenvalue weighted by Crippen LogP contribution is -2.33. The molecule has 0 amide bonds. The molecule has 0 saturated heterocycles. The molecule has 0 aromatic carbocycles. The van der Waals surface area contributed by atoms with E-state index in [1.54, 1.807) is 23.6 Å². The van der Waals surface area contributed by atoms with Crippen molar-refractivity contribution < 1.29 is 16.8 Å². The number of pyridine rings is 1. The minimum Gasteiger partial charge on any atom is -0.264 e. The predicted octanol–water partition coefficient (Wildman–Crippen LogP) is 2.21. The van der Waals surface area contributed by atoms with Crippen LogP contribution in [0, 0.1) is 0 Å². The second-order valence-corrected chi connectivity index (χ2v) is 10.6. The van der Waals surface area contributed by atoms with Crippen LogP contribution in [0.4, 0.5) is 0 Å². The van der Waals surface area contributed by atoms with Crippen LogP contribution in [0.15, 0.2) is 46.2 Å². The summed E-state index contributed by atoms with van der Waals surface area (Å²) >= 11 is 6.61. The van der Waals surface area contributed by atoms with Gasteiger partial charge in [0.25, 0.3) is 0 Å². The van der Waals surface area contributed by atoms with Crippen molar-refractivity contribution in [3.05, 3.63) is 47.6 Å². The zero-order chi connectivity index (χ0) is 17.6. The average molecular weight is 409 g/mol. The molecule has 2 aromatic rings. The van der Waals surface area contributed by atoms with Crippen LogP contribution >= 0.6 is 22.9 Å². The number of nitrogens with zero attached hydrogens (tertiary/aromatic N) is 1. The number of sulfone groups is 1. The lowest BCUT2D eigenvalue weighted by Gasteiger charge is -2.17. The van der Waals surface area contributed by atoms with E-state index in [1.165, 1.54) is 18.5 Å². The standard InChI is InChI=1S/C14H17ClN2O4S3/c15-6-3-9-23(18,19)17-11-13(12-4-1-7-16-10-12)24(20,21)14-5-2-8-22-14/h1-2,4-5,7-8,10,13,17H,3,6,9,11H2/t13-/m1/s1. The van der Waals surface area contributed by atoms with E-state index in [9.17, 15) is 16.8 Å². The van der Waals surface area contributed by atoms with Crippen molar-refractivity contribution in [2.24, 2.45) is 0 Å². The van der Waals surface area contributed by atoms with Gasteiger partial charge >= 0.3 is 0 Å². The largest absolute Gasteiger partial charge is 0.264 e. The molecule has 1 N–H and O–H groups in total. The van der Waals surface area contributed by atoms with Gasteiger partial charge in [0.15, 0.2) is 9.84 Å². The van der Waals surface area contributed by atoms with Crippen LogP contribution in [0.25, 0.3) is 0 Å². The molecule has 2 rings (SSSR count). The first-order valence-corrected chi connectivity index (χ1v) is 11.7. The van der Waals surface area contributed by atoms with Crippen LogP contribution in [0.2, 0.25) is 0 Å². The molecule has 0 saturated carbocycles. The van der Waals surface area contributed by atoms with Gasteiger partial charge in [0.2, 0.25) is 10.0 Å². The van der Waals surface area contributed by atoms with E-state index in [0.29, 0.717) is 12.0 Å². The van der Waals surface area contributed by atoms with Crippen LogP contribution in [0.3, 0.4) is 0 Å². The van der Waals surface area contributed by atoms with Crippen LogP contribution in [0.1, 0.15) is 17.2 Å². The Kier molecular flexibility index (Phi) is 6.76. The maximum Gasteiger partial charge on any atom is 0.211 e. The maximum atomic E-state index is 12.9. The summed E-state index contributed by atoms with van der Waals surface area (Å²) in [7, 11) is -7.32. The summed E-state index contributed by atoms with van der Waals surface area (Å²) < 4.78 is 52.2. The van der Waals surface area contributed by atoms with E-state index in [2.05, 4.69) is 9.71 Å². The molecule has 0 aliphatic rings. The van der Waals surface area contributed by atoms with E-state index >= 15 is 0 Å². The van der Waals surface area contributed by atoms with Crippen molar-refractivity contribution >= 4 is 42.8 Å². The number of alkyl halides is 1. The van der Waals surface area contributed by atoms with E-state index in [-0.39, 0.29) is 22.4 Å². The monoisotopic (exact) mass is 408 g/mol. The highest BCUT2D eigenvalue weighted by atomic mass is 35.5. The Morgan fingerprint density at radius 2 is 2.00 bits per heavy atom. The van der Waals surface area contributed by atoms with Gasteiger partial charge in [-0.3, -0.25) is 4.98 Å². The Labute approximate surface area is 150 Å². The van der Waals surface area contributed by atoms with Gasteiger partial charge in [0.1, 0.15) is 9.46 Å². The smallest absolute Gasteiger partial charge is 0.211 e. The SMILES string of the molecule is O=S(=O)(CCCCl)NC[C@H](c1cccnc1)S(=O)(=O)c1cccs1. The topological polar surface area (TPSA) is 93.2 Å². The van der Waals surface area contributed by atoms with Gasteiger partial charge in [-0.2, -0.15) is 0 Å². The predicted molar refractivity (Wildman–Crippen MR) is 95.6 cm³/mol. The number of aromatic nitrogens is 1. The van der Waals surface area contributed by atoms with E-state index in [0.717, 1.165) is 11.3 Å². The van der Waals surface area contributed by atoms with Gasteiger partial charge in [0.05, 0.1) is 5.75 Å². The first-order valence-electron chi connectivity index (χ1n) is 7.07. The summed E-state index contributed by atoms with van der Waals surface area (Å²) in [6.45, 7) is -0.253. The molecule has 0 aliphatic carbocycles. The summed E-state index contributed by atoms with van der Waals surface area (Å²) in [4.78, 5) is 3.94. The molecule has 0 unspecified atom stereocenters. The highest BCUT2D eigenvalue weighted by Gasteiger charge is 2.31. The zero-order valence-corrected chi connectivity index (χ0v) is 15.8. The van der Waals surface area contributed by atoms with Crippen LogP contribution in [-0.4, -0.2) is 40.0 Å². The van der Waals surface area contributed by atoms with Crippen LogP contribution in [0.5, 0.6) is 0 Å². The Balaban J connectivity index is 2.29. The quantitative estimate of drug-likeness (QED) is 0.642. The summed E-state index contributed by atoms with van der Waals surface area (Å²) in [6.07, 6.45) is 3.26. The fraction of sp³-hybridized carbons (Fsp3) is 0.357. The van der Waals surface area contributed by atoms with Gasteiger partial charge in [-0.25, -0.2) is 21.6 Å². The Morgan fingerprint density at radius 1 is 1.21 bits per heavy atom. The fourth-order valence-electron chi connectivity index (χ4n) is 2.06. The lowest BCUT2D eigenvalue weighted by molar-refractivity contribution is 0.569. The molecule has 2 heterocycles. The summed E-state index contributed by atoms with van der Waals surface area (Å²) in [5, 5.41) is 0.619. The third-order valence-corrected chi connectivity index (χ3v) is 8.47. The Morgan fingerprint density at radius 3 is 2.58 bits per heavy atom. The number of hydrogen-bond acceptors (Lipinski definition) is 6. The first-order chi connectivity index (χ1) is 11.4. The molecule has 0 spiro atoms. The Bertz CT molecular complexity index is 837. The van der Waals surface area contributed by atoms with Gasteiger partial charge in [-0.15, -0.1) is 22.9 Å². The molecule has 0 aliphatic heterocycles. The highest BCUT2D eigenvalue weighted by molar-refractivity contribution is 7.93. The number of sulfonamides is 1. The van der Waals surface area contributed by atoms with E-state index in [1.807, 2.05) is 0 Å². The molecular formula is C14H17ClN2O4S3. The van der Waals surface area contributed by atoms with Crippen molar-refractivity contribution in [2.75, 3.05) is 18.2 Å². The summed E-state index contributed by atoms with van der Waals surface area (Å²) in [5.41, 5.74) is 0.436. The van der Waals surface area contributed by atoms with Crippen molar-refractivity contribution in [3.8, 4) is 0 Å². The first kappa shape index (κ1) is 19.3. The molecule has 0 bridgehead atoms. The molecule has 6 nitrogen and oxygen atoms in total. The van der Waals surface area contributed by atoms with Crippen molar-refractivity contribution in [2.45, 2.75) is 15.9 Å². The van der Waals surface area contributed by atoms with Crippen molar-refractivity contribution in [1.29, 1.82) is 0 Å². The Hall–Kier alpha value is -1.000. The minimum absolute atomic E-state index is 0.144. The highest BCUT2D eigenvalue weighted by Crippen LogP contribution is 2.30. The van der Waals surface area contributed by atoms with Crippen molar-refractivity contribution in [1.82, 2.24) is 9.71 Å². The second kappa shape index (κ2) is 8.39. The third kappa shape index (κ3) is 5.00. The minimum atomic E-state index is -3.73. The number of thiophene rings is 1. The number of rotatable bonds is 9. The van der Waals surface area contributed by atoms with Gasteiger partial charge < -0.3 is 0 Å². The lowest BCUT2D eigenvalue weighted by atomic mass is 10.2. The molecule has 10 heteroatoms. The third-order valence-electron chi connectivity index (χ3n) is 3.24. The molecular weight excluding hydrogens is 392 g/mol. The summed E-state index contributed by atoms with van der Waals surface area (Å²) in [6, 6.07) is 6.39.